The van der Waals surface area contributed by atoms with Gasteiger partial charge < -0.3 is 4.90 Å². The van der Waals surface area contributed by atoms with E-state index < -0.39 is 0 Å². The van der Waals surface area contributed by atoms with Crippen LogP contribution in [-0.4, -0.2) is 23.4 Å². The number of amides is 1. The number of carbonyl (C=O) groups is 1. The van der Waals surface area contributed by atoms with E-state index >= 15 is 0 Å². The van der Waals surface area contributed by atoms with Crippen molar-refractivity contribution in [3.63, 3.8) is 0 Å². The van der Waals surface area contributed by atoms with Crippen molar-refractivity contribution < 1.29 is 4.79 Å². The minimum absolute atomic E-state index is 0.342. The second-order valence-corrected chi connectivity index (χ2v) is 3.40. The Balaban J connectivity index is 2.18. The van der Waals surface area contributed by atoms with E-state index in [2.05, 4.69) is 13.0 Å². The van der Waals surface area contributed by atoms with Gasteiger partial charge in [0.2, 0.25) is 5.91 Å². The maximum atomic E-state index is 11.3. The van der Waals surface area contributed by atoms with Crippen LogP contribution in [0.5, 0.6) is 0 Å². The molecular weight excluding hydrogens is 138 g/mol. The summed E-state index contributed by atoms with van der Waals surface area (Å²) >= 11 is 0. The lowest BCUT2D eigenvalue weighted by Crippen LogP contribution is -2.40. The largest absolute Gasteiger partial charge is 0.332 e. The molecule has 0 aliphatic carbocycles. The fourth-order valence-corrected chi connectivity index (χ4v) is 2.00. The molecule has 0 spiro atoms. The summed E-state index contributed by atoms with van der Waals surface area (Å²) in [6, 6.07) is 0.455. The molecule has 0 bridgehead atoms. The van der Waals surface area contributed by atoms with Crippen LogP contribution in [0.4, 0.5) is 0 Å². The van der Waals surface area contributed by atoms with E-state index in [9.17, 15) is 4.79 Å². The third kappa shape index (κ3) is 0.971. The molecule has 1 atom stereocenters. The van der Waals surface area contributed by atoms with E-state index in [1.54, 1.807) is 0 Å². The van der Waals surface area contributed by atoms with Crippen LogP contribution < -0.4 is 0 Å². The lowest BCUT2D eigenvalue weighted by Gasteiger charge is -2.30. The van der Waals surface area contributed by atoms with Crippen LogP contribution >= 0.6 is 0 Å². The quantitative estimate of drug-likeness (QED) is 0.478. The molecule has 1 saturated heterocycles. The summed E-state index contributed by atoms with van der Waals surface area (Å²) in [4.78, 5) is 13.3. The van der Waals surface area contributed by atoms with Gasteiger partial charge in [-0.05, 0) is 19.8 Å². The molecule has 0 aromatic rings. The van der Waals surface area contributed by atoms with Gasteiger partial charge in [0, 0.05) is 13.0 Å². The van der Waals surface area contributed by atoms with Gasteiger partial charge in [-0.15, -0.1) is 0 Å². The fourth-order valence-electron chi connectivity index (χ4n) is 2.00. The number of rotatable bonds is 0. The van der Waals surface area contributed by atoms with Crippen LogP contribution in [0.2, 0.25) is 0 Å². The van der Waals surface area contributed by atoms with Crippen LogP contribution in [0.15, 0.2) is 11.6 Å². The normalized spacial score (nSPS) is 30.3. The van der Waals surface area contributed by atoms with E-state index in [4.69, 9.17) is 0 Å². The van der Waals surface area contributed by atoms with Crippen molar-refractivity contribution in [1.82, 2.24) is 4.90 Å². The predicted molar refractivity (Wildman–Crippen MR) is 43.1 cm³/mol. The van der Waals surface area contributed by atoms with Crippen molar-refractivity contribution in [2.45, 2.75) is 32.2 Å². The number of nitrogens with zero attached hydrogens (tertiary/aromatic N) is 1. The standard InChI is InChI=1S/C9H13NO/c1-7-5-6-10-8(7)3-2-4-9(10)11/h5,8H,2-4,6H2,1H3/t8-/m0/s1. The minimum Gasteiger partial charge on any atom is -0.332 e. The summed E-state index contributed by atoms with van der Waals surface area (Å²) in [6.45, 7) is 2.98. The molecule has 0 aromatic heterocycles. The molecule has 1 amide bonds. The van der Waals surface area contributed by atoms with Gasteiger partial charge in [-0.3, -0.25) is 4.79 Å². The fraction of sp³-hybridized carbons (Fsp3) is 0.667. The third-order valence-corrected chi connectivity index (χ3v) is 2.70. The molecule has 0 unspecified atom stereocenters. The Morgan fingerprint density at radius 3 is 3.18 bits per heavy atom. The Morgan fingerprint density at radius 2 is 2.45 bits per heavy atom. The summed E-state index contributed by atoms with van der Waals surface area (Å²) in [5.41, 5.74) is 1.39. The first-order chi connectivity index (χ1) is 5.29. The Labute approximate surface area is 66.9 Å². The molecule has 2 heterocycles. The summed E-state index contributed by atoms with van der Waals surface area (Å²) < 4.78 is 0. The first-order valence-corrected chi connectivity index (χ1v) is 4.25. The maximum Gasteiger partial charge on any atom is 0.223 e. The minimum atomic E-state index is 0.342. The van der Waals surface area contributed by atoms with Crippen LogP contribution in [-0.2, 0) is 4.79 Å². The topological polar surface area (TPSA) is 20.3 Å². The highest BCUT2D eigenvalue weighted by molar-refractivity contribution is 5.78. The number of fused-ring (bicyclic) bond motifs is 1. The number of hydrogen-bond acceptors (Lipinski definition) is 1. The Bertz CT molecular complexity index is 220. The average Bonchev–Trinajstić information content (AvgIpc) is 2.35. The zero-order valence-electron chi connectivity index (χ0n) is 6.84. The average molecular weight is 151 g/mol. The van der Waals surface area contributed by atoms with Crippen molar-refractivity contribution in [2.75, 3.05) is 6.54 Å². The molecule has 2 aliphatic rings. The second kappa shape index (κ2) is 2.36. The molecule has 2 rings (SSSR count). The first kappa shape index (κ1) is 6.89. The van der Waals surface area contributed by atoms with E-state index in [0.29, 0.717) is 11.9 Å². The number of hydrogen-bond donors (Lipinski definition) is 0. The summed E-state index contributed by atoms with van der Waals surface area (Å²) in [5.74, 6) is 0.342. The van der Waals surface area contributed by atoms with Crippen molar-refractivity contribution >= 4 is 5.91 Å². The molecule has 0 N–H and O–H groups in total. The van der Waals surface area contributed by atoms with Gasteiger partial charge in [-0.2, -0.15) is 0 Å². The molecule has 2 nitrogen and oxygen atoms in total. The zero-order valence-corrected chi connectivity index (χ0v) is 6.84. The van der Waals surface area contributed by atoms with Crippen LogP contribution in [0, 0.1) is 0 Å². The van der Waals surface area contributed by atoms with Crippen LogP contribution in [0.25, 0.3) is 0 Å². The lowest BCUT2D eigenvalue weighted by molar-refractivity contribution is -0.134. The van der Waals surface area contributed by atoms with Gasteiger partial charge in [0.25, 0.3) is 0 Å². The van der Waals surface area contributed by atoms with Gasteiger partial charge in [0.05, 0.1) is 6.04 Å². The maximum absolute atomic E-state index is 11.3. The number of carbonyl (C=O) groups excluding carboxylic acids is 1. The Kier molecular flexibility index (Phi) is 1.48. The highest BCUT2D eigenvalue weighted by Gasteiger charge is 2.31. The highest BCUT2D eigenvalue weighted by atomic mass is 16.2. The number of piperidine rings is 1. The van der Waals surface area contributed by atoms with Crippen molar-refractivity contribution in [1.29, 1.82) is 0 Å². The second-order valence-electron chi connectivity index (χ2n) is 3.40. The highest BCUT2D eigenvalue weighted by Crippen LogP contribution is 2.27. The first-order valence-electron chi connectivity index (χ1n) is 4.25. The van der Waals surface area contributed by atoms with Gasteiger partial charge in [-0.25, -0.2) is 0 Å². The zero-order chi connectivity index (χ0) is 7.84. The molecule has 2 heteroatoms. The van der Waals surface area contributed by atoms with E-state index in [1.807, 2.05) is 4.90 Å². The van der Waals surface area contributed by atoms with Gasteiger partial charge in [0.1, 0.15) is 0 Å². The van der Waals surface area contributed by atoms with Gasteiger partial charge in [-0.1, -0.05) is 11.6 Å². The summed E-state index contributed by atoms with van der Waals surface area (Å²) in [6.07, 6.45) is 5.19. The third-order valence-electron chi connectivity index (χ3n) is 2.70. The van der Waals surface area contributed by atoms with Crippen LogP contribution in [0.3, 0.4) is 0 Å². The molecule has 1 fully saturated rings. The van der Waals surface area contributed by atoms with E-state index in [-0.39, 0.29) is 0 Å². The smallest absolute Gasteiger partial charge is 0.223 e. The van der Waals surface area contributed by atoms with Crippen LogP contribution in [0.1, 0.15) is 26.2 Å². The van der Waals surface area contributed by atoms with Gasteiger partial charge in [0.15, 0.2) is 0 Å². The van der Waals surface area contributed by atoms with Crippen molar-refractivity contribution in [3.05, 3.63) is 11.6 Å². The molecule has 60 valence electrons. The molecule has 11 heavy (non-hydrogen) atoms. The monoisotopic (exact) mass is 151 g/mol. The Hall–Kier alpha value is -0.790. The SMILES string of the molecule is CC1=CCN2C(=O)CCC[C@@H]12. The van der Waals surface area contributed by atoms with Crippen molar-refractivity contribution in [3.8, 4) is 0 Å². The van der Waals surface area contributed by atoms with E-state index in [1.165, 1.54) is 12.0 Å². The molecular formula is C9H13NO. The summed E-state index contributed by atoms with van der Waals surface area (Å²) in [7, 11) is 0. The summed E-state index contributed by atoms with van der Waals surface area (Å²) in [5, 5.41) is 0. The van der Waals surface area contributed by atoms with E-state index in [0.717, 1.165) is 19.4 Å². The van der Waals surface area contributed by atoms with Gasteiger partial charge >= 0.3 is 0 Å². The van der Waals surface area contributed by atoms with Crippen molar-refractivity contribution in [2.24, 2.45) is 0 Å². The molecule has 0 radical (unpaired) electrons. The Morgan fingerprint density at radius 1 is 1.64 bits per heavy atom. The molecule has 2 aliphatic heterocycles. The molecule has 0 saturated carbocycles. The lowest BCUT2D eigenvalue weighted by atomic mass is 9.99. The molecule has 0 aromatic carbocycles. The predicted octanol–water partition coefficient (Wildman–Crippen LogP) is 1.33.